The quantitative estimate of drug-likeness (QED) is 0.690. The van der Waals surface area contributed by atoms with Crippen LogP contribution in [-0.4, -0.2) is 16.2 Å². The second kappa shape index (κ2) is 3.86. The van der Waals surface area contributed by atoms with E-state index in [4.69, 9.17) is 10.8 Å². The third-order valence-electron chi connectivity index (χ3n) is 2.32. The van der Waals surface area contributed by atoms with Gasteiger partial charge in [-0.2, -0.15) is 0 Å². The number of aryl methyl sites for hydroxylation is 1. The Morgan fingerprint density at radius 2 is 2.07 bits per heavy atom. The van der Waals surface area contributed by atoms with E-state index in [2.05, 4.69) is 0 Å². The number of carboxylic acid groups (broad SMARTS) is 1. The molecule has 0 radical (unpaired) electrons. The summed E-state index contributed by atoms with van der Waals surface area (Å²) in [7, 11) is 0. The fourth-order valence-electron chi connectivity index (χ4n) is 1.35. The van der Waals surface area contributed by atoms with Crippen LogP contribution in [0, 0.1) is 19.7 Å². The zero-order valence-electron chi connectivity index (χ0n) is 8.41. The molecule has 82 valence electrons. The van der Waals surface area contributed by atoms with Gasteiger partial charge in [-0.1, -0.05) is 6.07 Å². The van der Waals surface area contributed by atoms with E-state index < -0.39 is 23.6 Å². The first kappa shape index (κ1) is 11.5. The predicted molar refractivity (Wildman–Crippen MR) is 52.1 cm³/mol. The summed E-state index contributed by atoms with van der Waals surface area (Å²) in [6.45, 7) is 2.86. The number of phenols is 1. The number of carboxylic acids is 1. The van der Waals surface area contributed by atoms with Gasteiger partial charge in [-0.05, 0) is 30.5 Å². The lowest BCUT2D eigenvalue weighted by Gasteiger charge is -2.13. The van der Waals surface area contributed by atoms with Gasteiger partial charge in [0.1, 0.15) is 6.04 Å². The molecule has 1 atom stereocenters. The molecule has 0 fully saturated rings. The van der Waals surface area contributed by atoms with Crippen LogP contribution in [0.1, 0.15) is 22.7 Å². The van der Waals surface area contributed by atoms with Crippen molar-refractivity contribution in [3.05, 3.63) is 28.6 Å². The molecular weight excluding hydrogens is 201 g/mol. The summed E-state index contributed by atoms with van der Waals surface area (Å²) in [5.41, 5.74) is 5.95. The predicted octanol–water partition coefficient (Wildman–Crippen LogP) is 1.23. The van der Waals surface area contributed by atoms with Crippen LogP contribution >= 0.6 is 0 Å². The van der Waals surface area contributed by atoms with E-state index in [9.17, 15) is 14.3 Å². The van der Waals surface area contributed by atoms with E-state index in [0.717, 1.165) is 0 Å². The molecule has 0 amide bonds. The normalized spacial score (nSPS) is 12.5. The maximum Gasteiger partial charge on any atom is 0.325 e. The molecule has 1 unspecified atom stereocenters. The maximum atomic E-state index is 13.2. The van der Waals surface area contributed by atoms with Gasteiger partial charge in [0, 0.05) is 0 Å². The number of halogens is 1. The number of hydrogen-bond acceptors (Lipinski definition) is 3. The summed E-state index contributed by atoms with van der Waals surface area (Å²) in [5, 5.41) is 18.1. The Bertz CT molecular complexity index is 418. The summed E-state index contributed by atoms with van der Waals surface area (Å²) in [4.78, 5) is 10.7. The number of rotatable bonds is 2. The Morgan fingerprint density at radius 1 is 1.53 bits per heavy atom. The number of hydrogen-bond donors (Lipinski definition) is 3. The molecule has 1 aromatic rings. The van der Waals surface area contributed by atoms with Gasteiger partial charge in [-0.15, -0.1) is 0 Å². The Kier molecular flexibility index (Phi) is 2.95. The topological polar surface area (TPSA) is 83.6 Å². The second-order valence-electron chi connectivity index (χ2n) is 3.39. The summed E-state index contributed by atoms with van der Waals surface area (Å²) in [6.07, 6.45) is 0. The molecule has 0 saturated carbocycles. The van der Waals surface area contributed by atoms with Gasteiger partial charge in [0.05, 0.1) is 0 Å². The van der Waals surface area contributed by atoms with Gasteiger partial charge in [0.25, 0.3) is 0 Å². The van der Waals surface area contributed by atoms with E-state index in [1.807, 2.05) is 0 Å². The van der Waals surface area contributed by atoms with Crippen molar-refractivity contribution in [1.29, 1.82) is 0 Å². The van der Waals surface area contributed by atoms with Crippen molar-refractivity contribution in [3.8, 4) is 5.75 Å². The number of carbonyl (C=O) groups is 1. The average Bonchev–Trinajstić information content (AvgIpc) is 2.19. The van der Waals surface area contributed by atoms with Crippen molar-refractivity contribution in [2.45, 2.75) is 19.9 Å². The van der Waals surface area contributed by atoms with E-state index in [0.29, 0.717) is 0 Å². The second-order valence-corrected chi connectivity index (χ2v) is 3.39. The number of nitrogens with two attached hydrogens (primary N) is 1. The van der Waals surface area contributed by atoms with Gasteiger partial charge in [-0.25, -0.2) is 4.39 Å². The Morgan fingerprint density at radius 3 is 2.53 bits per heavy atom. The molecule has 0 aliphatic carbocycles. The molecule has 0 bridgehead atoms. The number of aliphatic carboxylic acids is 1. The fraction of sp³-hybridized carbons (Fsp3) is 0.300. The highest BCUT2D eigenvalue weighted by Crippen LogP contribution is 2.29. The molecule has 15 heavy (non-hydrogen) atoms. The SMILES string of the molecule is Cc1cc(C(N)C(=O)O)c(C)c(O)c1F. The van der Waals surface area contributed by atoms with Crippen LogP contribution in [0.3, 0.4) is 0 Å². The van der Waals surface area contributed by atoms with E-state index >= 15 is 0 Å². The minimum absolute atomic E-state index is 0.160. The van der Waals surface area contributed by atoms with Gasteiger partial charge >= 0.3 is 5.97 Å². The van der Waals surface area contributed by atoms with E-state index in [1.165, 1.54) is 19.9 Å². The molecule has 1 aromatic carbocycles. The Balaban J connectivity index is 3.38. The first-order valence-corrected chi connectivity index (χ1v) is 4.33. The molecule has 0 heterocycles. The van der Waals surface area contributed by atoms with Gasteiger partial charge in [0.15, 0.2) is 11.6 Å². The van der Waals surface area contributed by atoms with Crippen molar-refractivity contribution < 1.29 is 19.4 Å². The monoisotopic (exact) mass is 213 g/mol. The standard InChI is InChI=1S/C10H12FNO3/c1-4-3-6(8(12)10(14)15)5(2)9(13)7(4)11/h3,8,13H,12H2,1-2H3,(H,14,15). The van der Waals surface area contributed by atoms with E-state index in [1.54, 1.807) is 0 Å². The zero-order chi connectivity index (χ0) is 11.7. The van der Waals surface area contributed by atoms with Crippen LogP contribution in [0.4, 0.5) is 4.39 Å². The number of phenolic OH excluding ortho intramolecular Hbond substituents is 1. The first-order valence-electron chi connectivity index (χ1n) is 4.33. The largest absolute Gasteiger partial charge is 0.505 e. The third kappa shape index (κ3) is 1.92. The summed E-state index contributed by atoms with van der Waals surface area (Å²) in [6, 6.07) is 0.0820. The molecule has 1 rings (SSSR count). The Hall–Kier alpha value is -1.62. The van der Waals surface area contributed by atoms with Gasteiger partial charge in [-0.3, -0.25) is 4.79 Å². The lowest BCUT2D eigenvalue weighted by molar-refractivity contribution is -0.138. The fourth-order valence-corrected chi connectivity index (χ4v) is 1.35. The van der Waals surface area contributed by atoms with Crippen LogP contribution in [0.15, 0.2) is 6.07 Å². The molecule has 0 aliphatic rings. The lowest BCUT2D eigenvalue weighted by atomic mass is 9.98. The molecule has 0 spiro atoms. The molecule has 4 nitrogen and oxygen atoms in total. The minimum Gasteiger partial charge on any atom is -0.505 e. The highest BCUT2D eigenvalue weighted by Gasteiger charge is 2.21. The average molecular weight is 213 g/mol. The van der Waals surface area contributed by atoms with Crippen LogP contribution in [0.5, 0.6) is 5.75 Å². The summed E-state index contributed by atoms with van der Waals surface area (Å²) in [5.74, 6) is -2.50. The highest BCUT2D eigenvalue weighted by molar-refractivity contribution is 5.76. The number of aromatic hydroxyl groups is 1. The molecule has 0 aromatic heterocycles. The summed E-state index contributed by atoms with van der Waals surface area (Å²) < 4.78 is 13.2. The van der Waals surface area contributed by atoms with Crippen LogP contribution in [0.25, 0.3) is 0 Å². The Labute approximate surface area is 86.1 Å². The molecular formula is C10H12FNO3. The van der Waals surface area contributed by atoms with Crippen LogP contribution in [-0.2, 0) is 4.79 Å². The molecule has 0 aliphatic heterocycles. The lowest BCUT2D eigenvalue weighted by Crippen LogP contribution is -2.22. The van der Waals surface area contributed by atoms with Gasteiger partial charge in [0.2, 0.25) is 0 Å². The van der Waals surface area contributed by atoms with Crippen molar-refractivity contribution in [2.24, 2.45) is 5.73 Å². The van der Waals surface area contributed by atoms with Gasteiger partial charge < -0.3 is 15.9 Å². The van der Waals surface area contributed by atoms with Crippen molar-refractivity contribution in [2.75, 3.05) is 0 Å². The van der Waals surface area contributed by atoms with Crippen LogP contribution in [0.2, 0.25) is 0 Å². The first-order chi connectivity index (χ1) is 6.86. The van der Waals surface area contributed by atoms with Crippen molar-refractivity contribution in [1.82, 2.24) is 0 Å². The van der Waals surface area contributed by atoms with E-state index in [-0.39, 0.29) is 16.7 Å². The van der Waals surface area contributed by atoms with Crippen LogP contribution < -0.4 is 5.73 Å². The summed E-state index contributed by atoms with van der Waals surface area (Å²) >= 11 is 0. The molecule has 5 heteroatoms. The molecule has 0 saturated heterocycles. The highest BCUT2D eigenvalue weighted by atomic mass is 19.1. The third-order valence-corrected chi connectivity index (χ3v) is 2.32. The maximum absolute atomic E-state index is 13.2. The van der Waals surface area contributed by atoms with Crippen molar-refractivity contribution in [3.63, 3.8) is 0 Å². The smallest absolute Gasteiger partial charge is 0.325 e. The zero-order valence-corrected chi connectivity index (χ0v) is 8.41. The molecule has 4 N–H and O–H groups in total. The van der Waals surface area contributed by atoms with Crippen molar-refractivity contribution >= 4 is 5.97 Å². The number of benzene rings is 1. The minimum atomic E-state index is -1.25.